The normalized spacial score (nSPS) is 14.2. The predicted octanol–water partition coefficient (Wildman–Crippen LogP) is 2.31. The summed E-state index contributed by atoms with van der Waals surface area (Å²) < 4.78 is 19.9. The van der Waals surface area contributed by atoms with Gasteiger partial charge >= 0.3 is 0 Å². The molecule has 0 aliphatic heterocycles. The highest BCUT2D eigenvalue weighted by Crippen LogP contribution is 2.35. The number of aliphatic hydroxyl groups is 1. The van der Waals surface area contributed by atoms with E-state index in [4.69, 9.17) is 4.74 Å². The lowest BCUT2D eigenvalue weighted by molar-refractivity contribution is 0.0885. The molecule has 0 aliphatic carbocycles. The average Bonchev–Trinajstić information content (AvgIpc) is 2.82. The number of hydrogen-bond donors (Lipinski definition) is 1. The number of nitrogens with zero attached hydrogens (tertiary/aromatic N) is 2. The number of ether oxygens (including phenoxy) is 1. The molecule has 0 saturated carbocycles. The molecule has 1 N–H and O–H groups in total. The number of aromatic nitrogens is 2. The average molecular weight is 264 g/mol. The molecule has 1 aromatic heterocycles. The molecule has 0 bridgehead atoms. The van der Waals surface area contributed by atoms with Crippen molar-refractivity contribution in [1.29, 1.82) is 0 Å². The lowest BCUT2D eigenvalue weighted by Gasteiger charge is -2.25. The van der Waals surface area contributed by atoms with Gasteiger partial charge in [0.1, 0.15) is 17.1 Å². The second-order valence-electron chi connectivity index (χ2n) is 4.46. The van der Waals surface area contributed by atoms with Crippen LogP contribution in [-0.2, 0) is 12.1 Å². The quantitative estimate of drug-likeness (QED) is 0.921. The molecule has 1 unspecified atom stereocenters. The van der Waals surface area contributed by atoms with Crippen LogP contribution in [0, 0.1) is 5.82 Å². The fraction of sp³-hybridized carbons (Fsp3) is 0.357. The molecule has 0 spiro atoms. The molecule has 0 saturated heterocycles. The van der Waals surface area contributed by atoms with Crippen molar-refractivity contribution in [2.24, 2.45) is 0 Å². The second-order valence-corrected chi connectivity index (χ2v) is 4.46. The molecule has 0 amide bonds. The first-order valence-corrected chi connectivity index (χ1v) is 6.09. The smallest absolute Gasteiger partial charge is 0.163 e. The van der Waals surface area contributed by atoms with E-state index in [-0.39, 0.29) is 5.82 Å². The molecule has 4 nitrogen and oxygen atoms in total. The van der Waals surface area contributed by atoms with E-state index in [1.165, 1.54) is 19.2 Å². The molecule has 1 aromatic carbocycles. The van der Waals surface area contributed by atoms with E-state index in [0.29, 0.717) is 23.6 Å². The van der Waals surface area contributed by atoms with Gasteiger partial charge in [0.15, 0.2) is 5.75 Å². The van der Waals surface area contributed by atoms with Crippen molar-refractivity contribution in [3.8, 4) is 5.75 Å². The van der Waals surface area contributed by atoms with Gasteiger partial charge in [-0.25, -0.2) is 4.39 Å². The number of rotatable bonds is 4. The summed E-state index contributed by atoms with van der Waals surface area (Å²) in [5.41, 5.74) is -0.155. The third-order valence-electron chi connectivity index (χ3n) is 3.19. The maximum absolute atomic E-state index is 13.0. The fourth-order valence-corrected chi connectivity index (χ4v) is 2.16. The predicted molar refractivity (Wildman–Crippen MR) is 69.5 cm³/mol. The molecule has 5 heteroatoms. The van der Waals surface area contributed by atoms with Gasteiger partial charge in [-0.05, 0) is 31.5 Å². The van der Waals surface area contributed by atoms with E-state index in [2.05, 4.69) is 5.10 Å². The number of halogens is 1. The van der Waals surface area contributed by atoms with Gasteiger partial charge in [0, 0.05) is 6.54 Å². The lowest BCUT2D eigenvalue weighted by Crippen LogP contribution is -2.27. The lowest BCUT2D eigenvalue weighted by atomic mass is 9.92. The molecule has 102 valence electrons. The van der Waals surface area contributed by atoms with Gasteiger partial charge < -0.3 is 9.84 Å². The Kier molecular flexibility index (Phi) is 3.57. The number of methoxy groups -OCH3 is 1. The van der Waals surface area contributed by atoms with Crippen LogP contribution in [0.1, 0.15) is 25.1 Å². The summed E-state index contributed by atoms with van der Waals surface area (Å²) in [5.74, 6) is 0.173. The summed E-state index contributed by atoms with van der Waals surface area (Å²) in [7, 11) is 1.53. The Labute approximate surface area is 111 Å². The third kappa shape index (κ3) is 2.33. The van der Waals surface area contributed by atoms with E-state index >= 15 is 0 Å². The summed E-state index contributed by atoms with van der Waals surface area (Å²) in [4.78, 5) is 0. The third-order valence-corrected chi connectivity index (χ3v) is 3.19. The molecule has 0 radical (unpaired) electrons. The van der Waals surface area contributed by atoms with Crippen LogP contribution in [0.5, 0.6) is 5.75 Å². The highest BCUT2D eigenvalue weighted by molar-refractivity contribution is 5.39. The SMILES string of the molecule is CCn1ncc(OC)c1C(C)(O)c1ccc(F)cc1. The van der Waals surface area contributed by atoms with Gasteiger partial charge in [0.25, 0.3) is 0 Å². The molecular weight excluding hydrogens is 247 g/mol. The zero-order valence-corrected chi connectivity index (χ0v) is 11.2. The monoisotopic (exact) mass is 264 g/mol. The summed E-state index contributed by atoms with van der Waals surface area (Å²) >= 11 is 0. The van der Waals surface area contributed by atoms with E-state index in [1.54, 1.807) is 29.9 Å². The Morgan fingerprint density at radius 1 is 1.37 bits per heavy atom. The Morgan fingerprint density at radius 3 is 2.53 bits per heavy atom. The Balaban J connectivity index is 2.54. The van der Waals surface area contributed by atoms with Crippen LogP contribution >= 0.6 is 0 Å². The fourth-order valence-electron chi connectivity index (χ4n) is 2.16. The summed E-state index contributed by atoms with van der Waals surface area (Å²) in [6.45, 7) is 4.18. The van der Waals surface area contributed by atoms with E-state index in [0.717, 1.165) is 0 Å². The van der Waals surface area contributed by atoms with Gasteiger partial charge in [0.2, 0.25) is 0 Å². The van der Waals surface area contributed by atoms with Crippen molar-refractivity contribution in [3.63, 3.8) is 0 Å². The molecule has 0 aliphatic rings. The Morgan fingerprint density at radius 2 is 2.00 bits per heavy atom. The number of hydrogen-bond acceptors (Lipinski definition) is 3. The highest BCUT2D eigenvalue weighted by Gasteiger charge is 2.33. The molecule has 19 heavy (non-hydrogen) atoms. The Bertz CT molecular complexity index is 540. The zero-order valence-electron chi connectivity index (χ0n) is 11.2. The topological polar surface area (TPSA) is 47.3 Å². The van der Waals surface area contributed by atoms with E-state index in [1.807, 2.05) is 6.92 Å². The summed E-state index contributed by atoms with van der Waals surface area (Å²) in [6, 6.07) is 5.76. The van der Waals surface area contributed by atoms with Crippen LogP contribution < -0.4 is 4.74 Å². The molecule has 2 rings (SSSR count). The van der Waals surface area contributed by atoms with Crippen LogP contribution in [0.2, 0.25) is 0 Å². The van der Waals surface area contributed by atoms with Crippen molar-refractivity contribution in [3.05, 3.63) is 47.5 Å². The van der Waals surface area contributed by atoms with Crippen LogP contribution in [0.3, 0.4) is 0 Å². The van der Waals surface area contributed by atoms with Crippen molar-refractivity contribution >= 4 is 0 Å². The maximum Gasteiger partial charge on any atom is 0.163 e. The van der Waals surface area contributed by atoms with Crippen LogP contribution in [0.15, 0.2) is 30.5 Å². The number of benzene rings is 1. The zero-order chi connectivity index (χ0) is 14.0. The van der Waals surface area contributed by atoms with E-state index in [9.17, 15) is 9.50 Å². The standard InChI is InChI=1S/C14H17FN2O2/c1-4-17-13(12(19-3)9-16-17)14(2,18)10-5-7-11(15)8-6-10/h5-9,18H,4H2,1-3H3. The molecular formula is C14H17FN2O2. The molecule has 2 aromatic rings. The molecule has 1 heterocycles. The largest absolute Gasteiger partial charge is 0.493 e. The van der Waals surface area contributed by atoms with Gasteiger partial charge in [-0.1, -0.05) is 12.1 Å². The summed E-state index contributed by atoms with van der Waals surface area (Å²) in [6.07, 6.45) is 1.57. The van der Waals surface area contributed by atoms with Crippen molar-refractivity contribution in [2.45, 2.75) is 26.0 Å². The summed E-state index contributed by atoms with van der Waals surface area (Å²) in [5, 5.41) is 15.0. The number of aryl methyl sites for hydroxylation is 1. The van der Waals surface area contributed by atoms with Crippen molar-refractivity contribution < 1.29 is 14.2 Å². The van der Waals surface area contributed by atoms with Gasteiger partial charge in [-0.15, -0.1) is 0 Å². The van der Waals surface area contributed by atoms with Crippen molar-refractivity contribution in [2.75, 3.05) is 7.11 Å². The van der Waals surface area contributed by atoms with Crippen LogP contribution in [0.25, 0.3) is 0 Å². The van der Waals surface area contributed by atoms with Crippen LogP contribution in [0.4, 0.5) is 4.39 Å². The van der Waals surface area contributed by atoms with Gasteiger partial charge in [0.05, 0.1) is 13.3 Å². The first-order chi connectivity index (χ1) is 9.00. The van der Waals surface area contributed by atoms with Gasteiger partial charge in [-0.3, -0.25) is 4.68 Å². The van der Waals surface area contributed by atoms with E-state index < -0.39 is 5.60 Å². The van der Waals surface area contributed by atoms with Gasteiger partial charge in [-0.2, -0.15) is 5.10 Å². The first kappa shape index (κ1) is 13.5. The highest BCUT2D eigenvalue weighted by atomic mass is 19.1. The molecule has 0 fully saturated rings. The minimum atomic E-state index is -1.30. The maximum atomic E-state index is 13.0. The first-order valence-electron chi connectivity index (χ1n) is 6.09. The van der Waals surface area contributed by atoms with Crippen molar-refractivity contribution in [1.82, 2.24) is 9.78 Å². The minimum absolute atomic E-state index is 0.337. The minimum Gasteiger partial charge on any atom is -0.493 e. The second kappa shape index (κ2) is 5.01. The molecule has 1 atom stereocenters. The Hall–Kier alpha value is -1.88. The van der Waals surface area contributed by atoms with Crippen LogP contribution in [-0.4, -0.2) is 22.0 Å².